The average molecular weight is 304 g/mol. The fourth-order valence-corrected chi connectivity index (χ4v) is 3.03. The van der Waals surface area contributed by atoms with Crippen molar-refractivity contribution in [3.63, 3.8) is 0 Å². The minimum absolute atomic E-state index is 0.0957. The number of aliphatic hydroxyl groups is 1. The smallest absolute Gasteiger partial charge is 0.314 e. The number of fused-ring (bicyclic) bond motifs is 1. The maximum atomic E-state index is 11.9. The molecule has 0 saturated heterocycles. The summed E-state index contributed by atoms with van der Waals surface area (Å²) in [6.45, 7) is 7.34. The number of carbonyl (C=O) groups excluding carboxylic acids is 1. The van der Waals surface area contributed by atoms with E-state index < -0.39 is 0 Å². The van der Waals surface area contributed by atoms with Crippen LogP contribution in [0.15, 0.2) is 24.3 Å². The fraction of sp³-hybridized carbons (Fsp3) is 0.611. The predicted octanol–water partition coefficient (Wildman–Crippen LogP) is 2.50. The van der Waals surface area contributed by atoms with Crippen LogP contribution in [0.4, 0.5) is 4.79 Å². The van der Waals surface area contributed by atoms with E-state index in [1.165, 1.54) is 11.1 Å². The van der Waals surface area contributed by atoms with Crippen molar-refractivity contribution in [1.82, 2.24) is 10.6 Å². The Kier molecular flexibility index (Phi) is 5.46. The Labute approximate surface area is 133 Å². The van der Waals surface area contributed by atoms with Gasteiger partial charge in [0.2, 0.25) is 0 Å². The topological polar surface area (TPSA) is 61.4 Å². The molecule has 0 aromatic heterocycles. The number of urea groups is 1. The van der Waals surface area contributed by atoms with Gasteiger partial charge in [-0.3, -0.25) is 0 Å². The molecule has 4 nitrogen and oxygen atoms in total. The number of hydrogen-bond donors (Lipinski definition) is 3. The van der Waals surface area contributed by atoms with Gasteiger partial charge in [-0.1, -0.05) is 45.0 Å². The Bertz CT molecular complexity index is 489. The van der Waals surface area contributed by atoms with Crippen LogP contribution in [0.3, 0.4) is 0 Å². The van der Waals surface area contributed by atoms with Gasteiger partial charge in [-0.15, -0.1) is 0 Å². The van der Waals surface area contributed by atoms with Crippen LogP contribution < -0.4 is 10.6 Å². The van der Waals surface area contributed by atoms with Crippen molar-refractivity contribution in [1.29, 1.82) is 0 Å². The molecule has 1 aliphatic rings. The Morgan fingerprint density at radius 2 is 1.82 bits per heavy atom. The van der Waals surface area contributed by atoms with Crippen molar-refractivity contribution in [2.24, 2.45) is 11.3 Å². The van der Waals surface area contributed by atoms with Gasteiger partial charge in [-0.05, 0) is 41.7 Å². The first-order valence-electron chi connectivity index (χ1n) is 8.16. The highest BCUT2D eigenvalue weighted by Crippen LogP contribution is 2.35. The third kappa shape index (κ3) is 4.47. The van der Waals surface area contributed by atoms with Gasteiger partial charge in [0.25, 0.3) is 0 Å². The molecule has 0 bridgehead atoms. The summed E-state index contributed by atoms with van der Waals surface area (Å²) in [5, 5.41) is 15.5. The quantitative estimate of drug-likeness (QED) is 0.756. The van der Waals surface area contributed by atoms with Crippen LogP contribution in [0, 0.1) is 11.3 Å². The van der Waals surface area contributed by atoms with Crippen molar-refractivity contribution >= 4 is 6.03 Å². The summed E-state index contributed by atoms with van der Waals surface area (Å²) in [7, 11) is 0. The molecule has 2 rings (SSSR count). The molecule has 122 valence electrons. The minimum Gasteiger partial charge on any atom is -0.393 e. The van der Waals surface area contributed by atoms with Crippen LogP contribution in [0.5, 0.6) is 0 Å². The van der Waals surface area contributed by atoms with E-state index in [4.69, 9.17) is 0 Å². The standard InChI is InChI=1S/C18H28N2O2/c1-13(2)16(21)8-9-19-17(22)20-12-18(3)10-14-6-4-5-7-15(14)11-18/h4-7,13,16,21H,8-12H2,1-3H3,(H2,19,20,22). The third-order valence-electron chi connectivity index (χ3n) is 4.52. The Morgan fingerprint density at radius 1 is 1.23 bits per heavy atom. The van der Waals surface area contributed by atoms with E-state index in [1.807, 2.05) is 13.8 Å². The predicted molar refractivity (Wildman–Crippen MR) is 88.8 cm³/mol. The highest BCUT2D eigenvalue weighted by molar-refractivity contribution is 5.73. The van der Waals surface area contributed by atoms with Gasteiger partial charge < -0.3 is 15.7 Å². The van der Waals surface area contributed by atoms with Gasteiger partial charge in [0, 0.05) is 13.1 Å². The molecule has 2 amide bonds. The molecule has 3 N–H and O–H groups in total. The molecule has 22 heavy (non-hydrogen) atoms. The van der Waals surface area contributed by atoms with Crippen LogP contribution in [0.25, 0.3) is 0 Å². The number of hydrogen-bond acceptors (Lipinski definition) is 2. The molecule has 0 radical (unpaired) electrons. The zero-order valence-electron chi connectivity index (χ0n) is 13.9. The van der Waals surface area contributed by atoms with Gasteiger partial charge in [0.15, 0.2) is 0 Å². The molecule has 0 heterocycles. The van der Waals surface area contributed by atoms with Gasteiger partial charge in [-0.2, -0.15) is 0 Å². The lowest BCUT2D eigenvalue weighted by Crippen LogP contribution is -2.42. The molecule has 4 heteroatoms. The number of carbonyl (C=O) groups is 1. The lowest BCUT2D eigenvalue weighted by molar-refractivity contribution is 0.116. The number of rotatable bonds is 6. The van der Waals surface area contributed by atoms with Gasteiger partial charge in [-0.25, -0.2) is 4.79 Å². The van der Waals surface area contributed by atoms with E-state index >= 15 is 0 Å². The first-order chi connectivity index (χ1) is 10.4. The number of nitrogens with one attached hydrogen (secondary N) is 2. The van der Waals surface area contributed by atoms with Crippen molar-refractivity contribution < 1.29 is 9.90 Å². The van der Waals surface area contributed by atoms with E-state index in [1.54, 1.807) is 0 Å². The molecule has 0 spiro atoms. The largest absolute Gasteiger partial charge is 0.393 e. The van der Waals surface area contributed by atoms with E-state index in [0.29, 0.717) is 19.5 Å². The SMILES string of the molecule is CC(C)C(O)CCNC(=O)NCC1(C)Cc2ccccc2C1. The summed E-state index contributed by atoms with van der Waals surface area (Å²) in [6.07, 6.45) is 2.25. The molecule has 0 aliphatic heterocycles. The first kappa shape index (κ1) is 16.8. The Balaban J connectivity index is 1.71. The fourth-order valence-electron chi connectivity index (χ4n) is 3.03. The number of amides is 2. The van der Waals surface area contributed by atoms with E-state index in [0.717, 1.165) is 12.8 Å². The van der Waals surface area contributed by atoms with Crippen LogP contribution in [-0.2, 0) is 12.8 Å². The van der Waals surface area contributed by atoms with Crippen molar-refractivity contribution in [2.45, 2.75) is 46.1 Å². The maximum absolute atomic E-state index is 11.9. The van der Waals surface area contributed by atoms with E-state index in [2.05, 4.69) is 41.8 Å². The highest BCUT2D eigenvalue weighted by Gasteiger charge is 2.32. The molecule has 1 aromatic carbocycles. The molecule has 1 unspecified atom stereocenters. The van der Waals surface area contributed by atoms with E-state index in [-0.39, 0.29) is 23.5 Å². The summed E-state index contributed by atoms with van der Waals surface area (Å²) in [4.78, 5) is 11.9. The van der Waals surface area contributed by atoms with Crippen molar-refractivity contribution in [2.75, 3.05) is 13.1 Å². The number of aliphatic hydroxyl groups excluding tert-OH is 1. The average Bonchev–Trinajstić information content (AvgIpc) is 2.81. The summed E-state index contributed by atoms with van der Waals surface area (Å²) in [6, 6.07) is 8.35. The van der Waals surface area contributed by atoms with Crippen LogP contribution in [-0.4, -0.2) is 30.3 Å². The summed E-state index contributed by atoms with van der Waals surface area (Å²) < 4.78 is 0. The van der Waals surface area contributed by atoms with Crippen molar-refractivity contribution in [3.8, 4) is 0 Å². The second-order valence-corrected chi connectivity index (χ2v) is 7.14. The highest BCUT2D eigenvalue weighted by atomic mass is 16.3. The summed E-state index contributed by atoms with van der Waals surface area (Å²) >= 11 is 0. The molecular formula is C18H28N2O2. The van der Waals surface area contributed by atoms with Gasteiger partial charge >= 0.3 is 6.03 Å². The van der Waals surface area contributed by atoms with E-state index in [9.17, 15) is 9.90 Å². The van der Waals surface area contributed by atoms with Crippen LogP contribution in [0.2, 0.25) is 0 Å². The van der Waals surface area contributed by atoms with Crippen LogP contribution in [0.1, 0.15) is 38.3 Å². The lowest BCUT2D eigenvalue weighted by atomic mass is 9.87. The second kappa shape index (κ2) is 7.14. The number of benzene rings is 1. The van der Waals surface area contributed by atoms with Crippen LogP contribution >= 0.6 is 0 Å². The molecule has 1 aromatic rings. The molecule has 0 fully saturated rings. The maximum Gasteiger partial charge on any atom is 0.314 e. The van der Waals surface area contributed by atoms with Crippen molar-refractivity contribution in [3.05, 3.63) is 35.4 Å². The zero-order valence-corrected chi connectivity index (χ0v) is 13.9. The first-order valence-corrected chi connectivity index (χ1v) is 8.16. The second-order valence-electron chi connectivity index (χ2n) is 7.14. The molecule has 0 saturated carbocycles. The Morgan fingerprint density at radius 3 is 2.36 bits per heavy atom. The molecule has 1 aliphatic carbocycles. The monoisotopic (exact) mass is 304 g/mol. The minimum atomic E-state index is -0.359. The third-order valence-corrected chi connectivity index (χ3v) is 4.52. The van der Waals surface area contributed by atoms with Gasteiger partial charge in [0.1, 0.15) is 0 Å². The Hall–Kier alpha value is -1.55. The summed E-state index contributed by atoms with van der Waals surface area (Å²) in [5.74, 6) is 0.223. The molecule has 1 atom stereocenters. The zero-order chi connectivity index (χ0) is 16.2. The lowest BCUT2D eigenvalue weighted by Gasteiger charge is -2.24. The normalized spacial score (nSPS) is 17.1. The summed E-state index contributed by atoms with van der Waals surface area (Å²) in [5.41, 5.74) is 2.89. The molecular weight excluding hydrogens is 276 g/mol. The van der Waals surface area contributed by atoms with Gasteiger partial charge in [0.05, 0.1) is 6.10 Å².